The molecule has 1 aromatic rings. The molecule has 1 aromatic carbocycles. The van der Waals surface area contributed by atoms with Crippen LogP contribution in [0.4, 0.5) is 4.39 Å². The number of halogens is 1. The Morgan fingerprint density at radius 3 is 2.62 bits per heavy atom. The van der Waals surface area contributed by atoms with Crippen molar-refractivity contribution in [3.05, 3.63) is 30.1 Å². The van der Waals surface area contributed by atoms with Gasteiger partial charge in [0.05, 0.1) is 6.54 Å². The van der Waals surface area contributed by atoms with Crippen molar-refractivity contribution in [1.29, 1.82) is 0 Å². The molecule has 144 valence electrons. The largest absolute Gasteiger partial charge is 0.358 e. The Morgan fingerprint density at radius 1 is 1.31 bits per heavy atom. The Morgan fingerprint density at radius 2 is 2.00 bits per heavy atom. The highest BCUT2D eigenvalue weighted by atomic mass is 32.2. The number of benzene rings is 1. The van der Waals surface area contributed by atoms with Crippen molar-refractivity contribution in [3.63, 3.8) is 0 Å². The van der Waals surface area contributed by atoms with Gasteiger partial charge in [0.1, 0.15) is 5.82 Å². The van der Waals surface area contributed by atoms with Crippen LogP contribution in [0.25, 0.3) is 0 Å². The number of likely N-dealkylation sites (N-methyl/N-ethyl adjacent to an activating group) is 1. The van der Waals surface area contributed by atoms with Gasteiger partial charge in [0.25, 0.3) is 0 Å². The van der Waals surface area contributed by atoms with E-state index in [0.717, 1.165) is 49.1 Å². The second kappa shape index (κ2) is 11.0. The summed E-state index contributed by atoms with van der Waals surface area (Å²) in [7, 11) is 3.43. The van der Waals surface area contributed by atoms with Gasteiger partial charge in [-0.2, -0.15) is 0 Å². The number of nitrogens with one attached hydrogen (secondary N) is 3. The van der Waals surface area contributed by atoms with E-state index in [1.54, 1.807) is 38.0 Å². The quantitative estimate of drug-likeness (QED) is 0.287. The Kier molecular flexibility index (Phi) is 8.70. The lowest BCUT2D eigenvalue weighted by atomic mass is 10.1. The zero-order chi connectivity index (χ0) is 18.8. The minimum atomic E-state index is -0.210. The van der Waals surface area contributed by atoms with E-state index in [1.807, 2.05) is 0 Å². The molecule has 3 N–H and O–H groups in total. The van der Waals surface area contributed by atoms with Crippen LogP contribution in [0, 0.1) is 5.82 Å². The molecule has 0 radical (unpaired) electrons. The van der Waals surface area contributed by atoms with E-state index in [4.69, 9.17) is 0 Å². The molecule has 0 atom stereocenters. The van der Waals surface area contributed by atoms with Gasteiger partial charge >= 0.3 is 0 Å². The average Bonchev–Trinajstić information content (AvgIpc) is 2.66. The van der Waals surface area contributed by atoms with Gasteiger partial charge in [0.15, 0.2) is 5.96 Å². The molecule has 0 unspecified atom stereocenters. The van der Waals surface area contributed by atoms with Crippen molar-refractivity contribution >= 4 is 23.6 Å². The number of nitrogens with zero attached hydrogens (tertiary/aromatic N) is 2. The first-order valence-corrected chi connectivity index (χ1v) is 9.87. The summed E-state index contributed by atoms with van der Waals surface area (Å²) in [6.07, 6.45) is 1.98. The van der Waals surface area contributed by atoms with Crippen molar-refractivity contribution in [2.45, 2.75) is 23.8 Å². The van der Waals surface area contributed by atoms with Crippen LogP contribution < -0.4 is 16.0 Å². The van der Waals surface area contributed by atoms with Crippen LogP contribution in [-0.4, -0.2) is 68.8 Å². The summed E-state index contributed by atoms with van der Waals surface area (Å²) >= 11 is 1.68. The lowest BCUT2D eigenvalue weighted by Crippen LogP contribution is -2.50. The molecule has 1 amide bonds. The van der Waals surface area contributed by atoms with E-state index >= 15 is 0 Å². The number of piperidine rings is 1. The Hall–Kier alpha value is -1.80. The maximum atomic E-state index is 12.9. The molecule has 1 heterocycles. The molecule has 1 saturated heterocycles. The molecule has 8 heteroatoms. The minimum absolute atomic E-state index is 0.0625. The second-order valence-electron chi connectivity index (χ2n) is 6.17. The predicted octanol–water partition coefficient (Wildman–Crippen LogP) is 1.29. The highest BCUT2D eigenvalue weighted by Gasteiger charge is 2.21. The average molecular weight is 382 g/mol. The van der Waals surface area contributed by atoms with Gasteiger partial charge < -0.3 is 16.0 Å². The topological polar surface area (TPSA) is 68.8 Å². The fraction of sp³-hybridized carbons (Fsp3) is 0.556. The van der Waals surface area contributed by atoms with E-state index in [9.17, 15) is 9.18 Å². The van der Waals surface area contributed by atoms with Crippen molar-refractivity contribution in [3.8, 4) is 0 Å². The summed E-state index contributed by atoms with van der Waals surface area (Å²) in [6, 6.07) is 6.91. The number of carbonyl (C=O) groups excluding carboxylic acids is 1. The van der Waals surface area contributed by atoms with E-state index in [1.165, 1.54) is 12.1 Å². The zero-order valence-corrected chi connectivity index (χ0v) is 16.2. The molecule has 0 aromatic heterocycles. The van der Waals surface area contributed by atoms with Crippen LogP contribution in [0.3, 0.4) is 0 Å². The highest BCUT2D eigenvalue weighted by molar-refractivity contribution is 7.99. The number of rotatable bonds is 7. The van der Waals surface area contributed by atoms with Crippen LogP contribution in [0.2, 0.25) is 0 Å². The lowest BCUT2D eigenvalue weighted by molar-refractivity contribution is -0.122. The highest BCUT2D eigenvalue weighted by Crippen LogP contribution is 2.17. The number of thioether (sulfide) groups is 1. The molecule has 6 nitrogen and oxygen atoms in total. The van der Waals surface area contributed by atoms with Crippen LogP contribution in [0.5, 0.6) is 0 Å². The van der Waals surface area contributed by atoms with Gasteiger partial charge in [0, 0.05) is 50.4 Å². The summed E-state index contributed by atoms with van der Waals surface area (Å²) in [6.45, 7) is 3.05. The van der Waals surface area contributed by atoms with Gasteiger partial charge in [-0.3, -0.25) is 14.7 Å². The fourth-order valence-corrected chi connectivity index (χ4v) is 3.54. The predicted molar refractivity (Wildman–Crippen MR) is 105 cm³/mol. The van der Waals surface area contributed by atoms with Gasteiger partial charge in [-0.1, -0.05) is 0 Å². The van der Waals surface area contributed by atoms with E-state index in [-0.39, 0.29) is 11.7 Å². The van der Waals surface area contributed by atoms with E-state index < -0.39 is 0 Å². The smallest absolute Gasteiger partial charge is 0.233 e. The van der Waals surface area contributed by atoms with Gasteiger partial charge in [-0.25, -0.2) is 4.39 Å². The Bertz CT molecular complexity index is 588. The fourth-order valence-electron chi connectivity index (χ4n) is 2.77. The van der Waals surface area contributed by atoms with Crippen molar-refractivity contribution in [2.75, 3.05) is 46.0 Å². The summed E-state index contributed by atoms with van der Waals surface area (Å²) in [5, 5.41) is 9.43. The van der Waals surface area contributed by atoms with Gasteiger partial charge in [-0.15, -0.1) is 11.8 Å². The molecule has 0 bridgehead atoms. The summed E-state index contributed by atoms with van der Waals surface area (Å²) in [5.74, 6) is 1.53. The molecular weight excluding hydrogens is 353 g/mol. The molecule has 0 aliphatic carbocycles. The van der Waals surface area contributed by atoms with Crippen molar-refractivity contribution < 1.29 is 9.18 Å². The van der Waals surface area contributed by atoms with E-state index in [2.05, 4.69) is 25.8 Å². The SMILES string of the molecule is CN=C(NCCSc1ccc(F)cc1)NC1CCN(CC(=O)NC)CC1. The van der Waals surface area contributed by atoms with Crippen LogP contribution in [0.15, 0.2) is 34.2 Å². The van der Waals surface area contributed by atoms with Gasteiger partial charge in [0.2, 0.25) is 5.91 Å². The molecule has 0 saturated carbocycles. The lowest BCUT2D eigenvalue weighted by Gasteiger charge is -2.32. The third-order valence-corrected chi connectivity index (χ3v) is 5.29. The Balaban J connectivity index is 1.63. The minimum Gasteiger partial charge on any atom is -0.358 e. The van der Waals surface area contributed by atoms with Crippen LogP contribution in [-0.2, 0) is 4.79 Å². The zero-order valence-electron chi connectivity index (χ0n) is 15.4. The summed E-state index contributed by atoms with van der Waals surface area (Å²) in [5.41, 5.74) is 0. The maximum Gasteiger partial charge on any atom is 0.233 e. The standard InChI is InChI=1S/C18H28FN5OS/c1-20-17(25)13-24-10-7-15(8-11-24)23-18(21-2)22-9-12-26-16-5-3-14(19)4-6-16/h3-6,15H,7-13H2,1-2H3,(H,20,25)(H2,21,22,23). The third-order valence-electron chi connectivity index (χ3n) is 4.27. The number of aliphatic imine (C=N–C) groups is 1. The third kappa shape index (κ3) is 7.21. The normalized spacial score (nSPS) is 16.3. The first-order valence-electron chi connectivity index (χ1n) is 8.89. The number of hydrogen-bond acceptors (Lipinski definition) is 4. The van der Waals surface area contributed by atoms with Crippen LogP contribution in [0.1, 0.15) is 12.8 Å². The first-order chi connectivity index (χ1) is 12.6. The summed E-state index contributed by atoms with van der Waals surface area (Å²) < 4.78 is 12.9. The molecule has 2 rings (SSSR count). The molecular formula is C18H28FN5OS. The molecule has 1 aliphatic rings. The van der Waals surface area contributed by atoms with Gasteiger partial charge in [-0.05, 0) is 37.1 Å². The molecule has 1 fully saturated rings. The monoisotopic (exact) mass is 381 g/mol. The number of amides is 1. The van der Waals surface area contributed by atoms with Crippen LogP contribution >= 0.6 is 11.8 Å². The molecule has 26 heavy (non-hydrogen) atoms. The first kappa shape index (κ1) is 20.5. The molecule has 0 spiro atoms. The number of carbonyl (C=O) groups is 1. The number of guanidine groups is 1. The summed E-state index contributed by atoms with van der Waals surface area (Å²) in [4.78, 5) is 18.9. The van der Waals surface area contributed by atoms with Crippen molar-refractivity contribution in [2.24, 2.45) is 4.99 Å². The van der Waals surface area contributed by atoms with Crippen molar-refractivity contribution in [1.82, 2.24) is 20.9 Å². The Labute approximate surface area is 159 Å². The number of likely N-dealkylation sites (tertiary alicyclic amines) is 1. The number of hydrogen-bond donors (Lipinski definition) is 3. The second-order valence-corrected chi connectivity index (χ2v) is 7.34. The maximum absolute atomic E-state index is 12.9. The molecule has 1 aliphatic heterocycles. The van der Waals surface area contributed by atoms with E-state index in [0.29, 0.717) is 12.6 Å².